The monoisotopic (exact) mass is 412 g/mol. The lowest BCUT2D eigenvalue weighted by atomic mass is 10.1. The van der Waals surface area contributed by atoms with E-state index >= 15 is 0 Å². The Morgan fingerprint density at radius 2 is 1.74 bits per heavy atom. The van der Waals surface area contributed by atoms with E-state index in [2.05, 4.69) is 16.0 Å². The Kier molecular flexibility index (Phi) is 5.01. The average molecular weight is 412 g/mol. The van der Waals surface area contributed by atoms with Gasteiger partial charge < -0.3 is 9.64 Å². The van der Waals surface area contributed by atoms with Gasteiger partial charge in [0.15, 0.2) is 0 Å². The Balaban J connectivity index is 1.57. The van der Waals surface area contributed by atoms with Crippen molar-refractivity contribution in [1.29, 1.82) is 0 Å². The van der Waals surface area contributed by atoms with Gasteiger partial charge in [-0.3, -0.25) is 10.1 Å². The van der Waals surface area contributed by atoms with E-state index in [0.29, 0.717) is 24.4 Å². The maximum atomic E-state index is 11.4. The van der Waals surface area contributed by atoms with Crippen molar-refractivity contribution < 1.29 is 9.66 Å². The molecule has 0 bridgehead atoms. The van der Waals surface area contributed by atoms with Gasteiger partial charge in [0.2, 0.25) is 0 Å². The number of hydrogen-bond donors (Lipinski definition) is 0. The number of benzene rings is 2. The molecule has 0 N–H and O–H groups in total. The second-order valence-corrected chi connectivity index (χ2v) is 7.37. The lowest BCUT2D eigenvalue weighted by Gasteiger charge is -2.29. The van der Waals surface area contributed by atoms with Gasteiger partial charge in [-0.1, -0.05) is 36.4 Å². The molecule has 5 rings (SSSR count). The predicted molar refractivity (Wildman–Crippen MR) is 122 cm³/mol. The van der Waals surface area contributed by atoms with Gasteiger partial charge in [-0.15, -0.1) is 0 Å². The number of aromatic nitrogens is 2. The number of non-ortho nitro benzene ring substituents is 1. The molecule has 4 aromatic rings. The summed E-state index contributed by atoms with van der Waals surface area (Å²) in [6.07, 6.45) is 3.86. The largest absolute Gasteiger partial charge is 0.378 e. The number of fused-ring (bicyclic) bond motifs is 2. The smallest absolute Gasteiger partial charge is 0.295 e. The summed E-state index contributed by atoms with van der Waals surface area (Å²) in [6.45, 7) is 2.92. The van der Waals surface area contributed by atoms with Crippen LogP contribution in [-0.2, 0) is 4.74 Å². The summed E-state index contributed by atoms with van der Waals surface area (Å²) in [5, 5.41) is 13.2. The van der Waals surface area contributed by atoms with E-state index in [4.69, 9.17) is 9.72 Å². The topological polar surface area (TPSA) is 81.4 Å². The molecule has 1 fully saturated rings. The highest BCUT2D eigenvalue weighted by molar-refractivity contribution is 5.90. The molecule has 0 saturated carbocycles. The third-order valence-electron chi connectivity index (χ3n) is 5.39. The Bertz CT molecular complexity index is 1310. The first kappa shape index (κ1) is 19.1. The van der Waals surface area contributed by atoms with E-state index in [9.17, 15) is 10.1 Å². The van der Waals surface area contributed by atoms with E-state index in [1.54, 1.807) is 6.07 Å². The fourth-order valence-electron chi connectivity index (χ4n) is 3.84. The van der Waals surface area contributed by atoms with Crippen LogP contribution in [0, 0.1) is 10.1 Å². The van der Waals surface area contributed by atoms with Gasteiger partial charge in [-0.25, -0.2) is 9.97 Å². The highest BCUT2D eigenvalue weighted by Crippen LogP contribution is 2.27. The van der Waals surface area contributed by atoms with Gasteiger partial charge in [0, 0.05) is 35.5 Å². The first-order chi connectivity index (χ1) is 15.2. The van der Waals surface area contributed by atoms with Crippen molar-refractivity contribution >= 4 is 45.5 Å². The molecule has 154 valence electrons. The summed E-state index contributed by atoms with van der Waals surface area (Å²) in [5.74, 6) is 0.907. The molecule has 3 heterocycles. The minimum absolute atomic E-state index is 0.00845. The molecule has 7 heteroatoms. The van der Waals surface area contributed by atoms with Crippen molar-refractivity contribution in [2.75, 3.05) is 31.2 Å². The van der Waals surface area contributed by atoms with Crippen LogP contribution in [0.3, 0.4) is 0 Å². The third-order valence-corrected chi connectivity index (χ3v) is 5.39. The maximum absolute atomic E-state index is 11.4. The zero-order valence-electron chi connectivity index (χ0n) is 16.8. The van der Waals surface area contributed by atoms with Gasteiger partial charge in [-0.2, -0.15) is 0 Å². The fraction of sp³-hybridized carbons (Fsp3) is 0.167. The second-order valence-electron chi connectivity index (χ2n) is 7.37. The molecule has 0 radical (unpaired) electrons. The zero-order valence-corrected chi connectivity index (χ0v) is 16.8. The lowest BCUT2D eigenvalue weighted by molar-refractivity contribution is -0.383. The first-order valence-electron chi connectivity index (χ1n) is 10.1. The molecule has 0 spiro atoms. The maximum Gasteiger partial charge on any atom is 0.295 e. The Labute approximate surface area is 178 Å². The van der Waals surface area contributed by atoms with Crippen molar-refractivity contribution in [1.82, 2.24) is 9.97 Å². The SMILES string of the molecule is O=[N+]([O-])c1cccc2ccc(C=Cc3cc4ccccc4nc3N3CCOCC3)nc12. The third kappa shape index (κ3) is 3.83. The molecule has 1 saturated heterocycles. The molecule has 0 unspecified atom stereocenters. The summed E-state index contributed by atoms with van der Waals surface area (Å²) < 4.78 is 5.50. The molecule has 2 aromatic heterocycles. The molecule has 0 amide bonds. The van der Waals surface area contributed by atoms with Gasteiger partial charge in [-0.05, 0) is 30.4 Å². The lowest BCUT2D eigenvalue weighted by Crippen LogP contribution is -2.37. The van der Waals surface area contributed by atoms with Gasteiger partial charge in [0.1, 0.15) is 11.3 Å². The number of nitro benzene ring substituents is 1. The summed E-state index contributed by atoms with van der Waals surface area (Å²) in [5.41, 5.74) is 2.97. The van der Waals surface area contributed by atoms with Crippen LogP contribution in [-0.4, -0.2) is 41.2 Å². The van der Waals surface area contributed by atoms with Crippen LogP contribution in [0.1, 0.15) is 11.3 Å². The number of anilines is 1. The molecule has 7 nitrogen and oxygen atoms in total. The molecule has 0 atom stereocenters. The van der Waals surface area contributed by atoms with Crippen LogP contribution in [0.4, 0.5) is 11.5 Å². The Morgan fingerprint density at radius 1 is 0.935 bits per heavy atom. The molecule has 1 aliphatic rings. The predicted octanol–water partition coefficient (Wildman–Crippen LogP) is 4.70. The molecular weight excluding hydrogens is 392 g/mol. The number of hydrogen-bond acceptors (Lipinski definition) is 6. The number of rotatable bonds is 4. The van der Waals surface area contributed by atoms with E-state index in [1.165, 1.54) is 6.07 Å². The van der Waals surface area contributed by atoms with E-state index < -0.39 is 4.92 Å². The molecule has 1 aliphatic heterocycles. The summed E-state index contributed by atoms with van der Waals surface area (Å²) in [6, 6.07) is 18.9. The zero-order chi connectivity index (χ0) is 21.2. The van der Waals surface area contributed by atoms with E-state index in [0.717, 1.165) is 40.8 Å². The molecular formula is C24H20N4O3. The van der Waals surface area contributed by atoms with Crippen molar-refractivity contribution in [2.24, 2.45) is 0 Å². The quantitative estimate of drug-likeness (QED) is 0.357. The number of ether oxygens (including phenoxy) is 1. The standard InChI is InChI=1S/C24H20N4O3/c29-28(30)22-7-3-5-17-8-10-20(25-23(17)22)11-9-19-16-18-4-1-2-6-21(18)26-24(19)27-12-14-31-15-13-27/h1-11,16H,12-15H2. The normalized spacial score (nSPS) is 14.5. The first-order valence-corrected chi connectivity index (χ1v) is 10.1. The highest BCUT2D eigenvalue weighted by Gasteiger charge is 2.17. The van der Waals surface area contributed by atoms with Crippen LogP contribution in [0.25, 0.3) is 34.0 Å². The van der Waals surface area contributed by atoms with Crippen LogP contribution in [0.15, 0.2) is 60.7 Å². The van der Waals surface area contributed by atoms with Crippen molar-refractivity contribution in [3.63, 3.8) is 0 Å². The van der Waals surface area contributed by atoms with Crippen LogP contribution in [0.5, 0.6) is 0 Å². The van der Waals surface area contributed by atoms with Crippen LogP contribution < -0.4 is 4.90 Å². The minimum Gasteiger partial charge on any atom is -0.378 e. The average Bonchev–Trinajstić information content (AvgIpc) is 2.82. The number of nitrogens with zero attached hydrogens (tertiary/aromatic N) is 4. The van der Waals surface area contributed by atoms with E-state index in [1.807, 2.05) is 54.6 Å². The molecule has 31 heavy (non-hydrogen) atoms. The number of morpholine rings is 1. The number of pyridine rings is 2. The van der Waals surface area contributed by atoms with Crippen molar-refractivity contribution in [3.8, 4) is 0 Å². The van der Waals surface area contributed by atoms with Gasteiger partial charge in [0.25, 0.3) is 5.69 Å². The number of para-hydroxylation sites is 2. The number of nitro groups is 1. The summed E-state index contributed by atoms with van der Waals surface area (Å²) in [7, 11) is 0. The van der Waals surface area contributed by atoms with Crippen LogP contribution >= 0.6 is 0 Å². The summed E-state index contributed by atoms with van der Waals surface area (Å²) in [4.78, 5) is 22.6. The van der Waals surface area contributed by atoms with Gasteiger partial charge >= 0.3 is 0 Å². The summed E-state index contributed by atoms with van der Waals surface area (Å²) >= 11 is 0. The molecule has 0 aliphatic carbocycles. The highest BCUT2D eigenvalue weighted by atomic mass is 16.6. The van der Waals surface area contributed by atoms with Gasteiger partial charge in [0.05, 0.1) is 29.3 Å². The van der Waals surface area contributed by atoms with Crippen LogP contribution in [0.2, 0.25) is 0 Å². The van der Waals surface area contributed by atoms with E-state index in [-0.39, 0.29) is 5.69 Å². The fourth-order valence-corrected chi connectivity index (χ4v) is 3.84. The van der Waals surface area contributed by atoms with Crippen molar-refractivity contribution in [2.45, 2.75) is 0 Å². The Hall–Kier alpha value is -3.84. The Morgan fingerprint density at radius 3 is 2.58 bits per heavy atom. The minimum atomic E-state index is -0.396. The second kappa shape index (κ2) is 8.12. The van der Waals surface area contributed by atoms with Crippen molar-refractivity contribution in [3.05, 3.63) is 82.0 Å². The molecule has 2 aromatic carbocycles.